The van der Waals surface area contributed by atoms with E-state index in [9.17, 15) is 4.79 Å². The quantitative estimate of drug-likeness (QED) is 0.616. The second kappa shape index (κ2) is 5.58. The lowest BCUT2D eigenvalue weighted by molar-refractivity contribution is -0.132. The standard InChI is InChI=1S/C11H12O3S/c1-8(11(12)13)6-9-4-3-5-10(7-9)15-14-2/h3-5,7H,1,6H2,2H3,(H,12,13). The first-order valence-corrected chi connectivity index (χ1v) is 5.08. The smallest absolute Gasteiger partial charge is 0.331 e. The molecule has 0 aliphatic heterocycles. The van der Waals surface area contributed by atoms with Gasteiger partial charge in [0.15, 0.2) is 0 Å². The van der Waals surface area contributed by atoms with Gasteiger partial charge in [-0.1, -0.05) is 18.7 Å². The predicted molar refractivity (Wildman–Crippen MR) is 59.8 cm³/mol. The highest BCUT2D eigenvalue weighted by molar-refractivity contribution is 7.94. The molecule has 15 heavy (non-hydrogen) atoms. The molecule has 0 radical (unpaired) electrons. The van der Waals surface area contributed by atoms with Crippen molar-refractivity contribution >= 4 is 18.0 Å². The lowest BCUT2D eigenvalue weighted by atomic mass is 10.1. The molecule has 0 unspecified atom stereocenters. The number of hydrogen-bond acceptors (Lipinski definition) is 3. The van der Waals surface area contributed by atoms with Crippen LogP contribution >= 0.6 is 12.0 Å². The normalized spacial score (nSPS) is 9.93. The van der Waals surface area contributed by atoms with Crippen LogP contribution < -0.4 is 0 Å². The molecule has 0 aromatic heterocycles. The van der Waals surface area contributed by atoms with Crippen LogP contribution in [0, 0.1) is 0 Å². The molecule has 1 rings (SSSR count). The Morgan fingerprint density at radius 1 is 1.60 bits per heavy atom. The van der Waals surface area contributed by atoms with Gasteiger partial charge < -0.3 is 9.29 Å². The van der Waals surface area contributed by atoms with E-state index in [0.717, 1.165) is 10.5 Å². The first kappa shape index (κ1) is 11.8. The third-order valence-corrected chi connectivity index (χ3v) is 2.41. The van der Waals surface area contributed by atoms with E-state index in [1.54, 1.807) is 7.11 Å². The highest BCUT2D eigenvalue weighted by Crippen LogP contribution is 2.20. The Balaban J connectivity index is 2.73. The minimum absolute atomic E-state index is 0.189. The zero-order chi connectivity index (χ0) is 11.3. The Kier molecular flexibility index (Phi) is 4.39. The molecule has 0 spiro atoms. The van der Waals surface area contributed by atoms with Gasteiger partial charge in [-0.3, -0.25) is 0 Å². The number of carbonyl (C=O) groups is 1. The van der Waals surface area contributed by atoms with Gasteiger partial charge in [-0.25, -0.2) is 4.79 Å². The summed E-state index contributed by atoms with van der Waals surface area (Å²) in [4.78, 5) is 11.5. The third-order valence-electron chi connectivity index (χ3n) is 1.80. The molecule has 0 aliphatic carbocycles. The molecule has 1 N–H and O–H groups in total. The highest BCUT2D eigenvalue weighted by Gasteiger charge is 2.05. The summed E-state index contributed by atoms with van der Waals surface area (Å²) in [5, 5.41) is 8.69. The van der Waals surface area contributed by atoms with Crippen LogP contribution in [0.5, 0.6) is 0 Å². The van der Waals surface area contributed by atoms with E-state index in [0.29, 0.717) is 6.42 Å². The number of rotatable bonds is 5. The zero-order valence-corrected chi connectivity index (χ0v) is 9.21. The van der Waals surface area contributed by atoms with Crippen LogP contribution in [-0.4, -0.2) is 18.2 Å². The fraction of sp³-hybridized carbons (Fsp3) is 0.182. The Labute approximate surface area is 93.0 Å². The van der Waals surface area contributed by atoms with Gasteiger partial charge in [0.05, 0.1) is 7.11 Å². The van der Waals surface area contributed by atoms with E-state index in [1.165, 1.54) is 12.0 Å². The molecule has 0 bridgehead atoms. The summed E-state index contributed by atoms with van der Waals surface area (Å²) >= 11 is 1.25. The van der Waals surface area contributed by atoms with Crippen LogP contribution in [0.25, 0.3) is 0 Å². The van der Waals surface area contributed by atoms with Crippen LogP contribution in [0.2, 0.25) is 0 Å². The molecule has 4 heteroatoms. The Bertz CT molecular complexity index is 374. The summed E-state index contributed by atoms with van der Waals surface area (Å²) < 4.78 is 4.91. The van der Waals surface area contributed by atoms with Crippen LogP contribution in [-0.2, 0) is 15.4 Å². The fourth-order valence-corrected chi connectivity index (χ4v) is 1.65. The van der Waals surface area contributed by atoms with Gasteiger partial charge in [0.1, 0.15) is 0 Å². The summed E-state index contributed by atoms with van der Waals surface area (Å²) in [6.07, 6.45) is 0.355. The first-order chi connectivity index (χ1) is 7.13. The van der Waals surface area contributed by atoms with Gasteiger partial charge in [-0.15, -0.1) is 0 Å². The fourth-order valence-electron chi connectivity index (χ4n) is 1.13. The molecule has 80 valence electrons. The van der Waals surface area contributed by atoms with Gasteiger partial charge in [0.25, 0.3) is 0 Å². The van der Waals surface area contributed by atoms with Gasteiger partial charge >= 0.3 is 5.97 Å². The molecule has 0 amide bonds. The largest absolute Gasteiger partial charge is 0.478 e. The molecule has 0 aliphatic rings. The lowest BCUT2D eigenvalue weighted by Crippen LogP contribution is -2.02. The Hall–Kier alpha value is -1.26. The SMILES string of the molecule is C=C(Cc1cccc(SOC)c1)C(=O)O. The Morgan fingerprint density at radius 3 is 2.93 bits per heavy atom. The van der Waals surface area contributed by atoms with Crippen molar-refractivity contribution in [1.82, 2.24) is 0 Å². The van der Waals surface area contributed by atoms with E-state index < -0.39 is 5.97 Å². The number of aliphatic carboxylic acids is 1. The summed E-state index contributed by atoms with van der Waals surface area (Å²) in [6.45, 7) is 3.49. The van der Waals surface area contributed by atoms with Crippen LogP contribution in [0.3, 0.4) is 0 Å². The minimum Gasteiger partial charge on any atom is -0.478 e. The molecule has 1 aromatic carbocycles. The maximum absolute atomic E-state index is 10.6. The van der Waals surface area contributed by atoms with Crippen LogP contribution in [0.15, 0.2) is 41.3 Å². The van der Waals surface area contributed by atoms with E-state index in [4.69, 9.17) is 9.29 Å². The molecule has 1 aromatic rings. The average molecular weight is 224 g/mol. The second-order valence-electron chi connectivity index (χ2n) is 2.98. The van der Waals surface area contributed by atoms with Crippen molar-refractivity contribution in [3.8, 4) is 0 Å². The Morgan fingerprint density at radius 2 is 2.33 bits per heavy atom. The summed E-state index contributed by atoms with van der Waals surface area (Å²) in [7, 11) is 1.59. The number of benzene rings is 1. The van der Waals surface area contributed by atoms with Gasteiger partial charge in [0, 0.05) is 28.9 Å². The molecule has 0 saturated heterocycles. The molecular weight excluding hydrogens is 212 g/mol. The van der Waals surface area contributed by atoms with E-state index in [1.807, 2.05) is 24.3 Å². The number of carboxylic acids is 1. The summed E-state index contributed by atoms with van der Waals surface area (Å²) in [5.41, 5.74) is 1.11. The second-order valence-corrected chi connectivity index (χ2v) is 3.95. The minimum atomic E-state index is -0.959. The van der Waals surface area contributed by atoms with Gasteiger partial charge in [0.2, 0.25) is 0 Å². The van der Waals surface area contributed by atoms with E-state index >= 15 is 0 Å². The van der Waals surface area contributed by atoms with Gasteiger partial charge in [-0.05, 0) is 17.7 Å². The summed E-state index contributed by atoms with van der Waals surface area (Å²) in [5.74, 6) is -0.959. The zero-order valence-electron chi connectivity index (χ0n) is 8.40. The molecule has 0 saturated carbocycles. The van der Waals surface area contributed by atoms with Crippen molar-refractivity contribution in [2.24, 2.45) is 0 Å². The van der Waals surface area contributed by atoms with Crippen LogP contribution in [0.1, 0.15) is 5.56 Å². The molecular formula is C11H12O3S. The monoisotopic (exact) mass is 224 g/mol. The average Bonchev–Trinajstić information content (AvgIpc) is 2.18. The van der Waals surface area contributed by atoms with Crippen molar-refractivity contribution in [2.45, 2.75) is 11.3 Å². The molecule has 0 heterocycles. The highest BCUT2D eigenvalue weighted by atomic mass is 32.2. The maximum Gasteiger partial charge on any atom is 0.331 e. The van der Waals surface area contributed by atoms with E-state index in [2.05, 4.69) is 6.58 Å². The van der Waals surface area contributed by atoms with Crippen molar-refractivity contribution < 1.29 is 14.1 Å². The van der Waals surface area contributed by atoms with Crippen LogP contribution in [0.4, 0.5) is 0 Å². The number of carboxylic acid groups (broad SMARTS) is 1. The van der Waals surface area contributed by atoms with Gasteiger partial charge in [-0.2, -0.15) is 0 Å². The predicted octanol–water partition coefficient (Wildman–Crippen LogP) is 2.52. The molecule has 0 fully saturated rings. The number of hydrogen-bond donors (Lipinski definition) is 1. The lowest BCUT2D eigenvalue weighted by Gasteiger charge is -2.03. The van der Waals surface area contributed by atoms with Crippen molar-refractivity contribution in [3.05, 3.63) is 42.0 Å². The van der Waals surface area contributed by atoms with Crippen molar-refractivity contribution in [1.29, 1.82) is 0 Å². The molecule has 3 nitrogen and oxygen atoms in total. The summed E-state index contributed by atoms with van der Waals surface area (Å²) in [6, 6.07) is 7.53. The first-order valence-electron chi connectivity index (χ1n) is 4.34. The topological polar surface area (TPSA) is 46.5 Å². The molecule has 0 atom stereocenters. The van der Waals surface area contributed by atoms with Crippen molar-refractivity contribution in [2.75, 3.05) is 7.11 Å². The third kappa shape index (κ3) is 3.77. The maximum atomic E-state index is 10.6. The van der Waals surface area contributed by atoms with Crippen molar-refractivity contribution in [3.63, 3.8) is 0 Å². The van der Waals surface area contributed by atoms with E-state index in [-0.39, 0.29) is 5.57 Å².